The molecule has 0 spiro atoms. The fourth-order valence-corrected chi connectivity index (χ4v) is 2.86. The molecule has 0 saturated carbocycles. The van der Waals surface area contributed by atoms with Crippen LogP contribution in [-0.2, 0) is 14.3 Å². The van der Waals surface area contributed by atoms with E-state index in [0.29, 0.717) is 23.7 Å². The van der Waals surface area contributed by atoms with Crippen LogP contribution < -0.4 is 9.47 Å². The second-order valence-electron chi connectivity index (χ2n) is 6.83. The number of rotatable bonds is 7. The highest BCUT2D eigenvalue weighted by atomic mass is 16.6. The third-order valence-electron chi connectivity index (χ3n) is 4.30. The van der Waals surface area contributed by atoms with Crippen molar-refractivity contribution in [2.45, 2.75) is 20.0 Å². The summed E-state index contributed by atoms with van der Waals surface area (Å²) < 4.78 is 16.7. The summed E-state index contributed by atoms with van der Waals surface area (Å²) in [5, 5.41) is 0. The van der Waals surface area contributed by atoms with Crippen LogP contribution in [0.15, 0.2) is 59.2 Å². The van der Waals surface area contributed by atoms with E-state index in [4.69, 9.17) is 14.2 Å². The van der Waals surface area contributed by atoms with Crippen molar-refractivity contribution in [2.75, 3.05) is 20.7 Å². The third kappa shape index (κ3) is 4.86. The van der Waals surface area contributed by atoms with Gasteiger partial charge in [0.05, 0.1) is 6.61 Å². The lowest BCUT2D eigenvalue weighted by Gasteiger charge is -2.20. The molecule has 1 aliphatic heterocycles. The van der Waals surface area contributed by atoms with Gasteiger partial charge < -0.3 is 19.1 Å². The summed E-state index contributed by atoms with van der Waals surface area (Å²) >= 11 is 0. The zero-order valence-corrected chi connectivity index (χ0v) is 17.4. The van der Waals surface area contributed by atoms with Crippen molar-refractivity contribution in [3.05, 3.63) is 65.4 Å². The molecule has 1 amide bonds. The number of nitrogens with zero attached hydrogens (tertiary/aromatic N) is 2. The molecule has 7 nitrogen and oxygen atoms in total. The predicted molar refractivity (Wildman–Crippen MR) is 113 cm³/mol. The number of cyclic esters (lactones) is 1. The van der Waals surface area contributed by atoms with Gasteiger partial charge in [0.25, 0.3) is 5.91 Å². The summed E-state index contributed by atoms with van der Waals surface area (Å²) in [5.41, 5.74) is 1.62. The quantitative estimate of drug-likeness (QED) is 0.519. The number of benzene rings is 2. The van der Waals surface area contributed by atoms with Crippen LogP contribution in [0.3, 0.4) is 0 Å². The number of aliphatic imine (C=N–C) groups is 1. The number of hydrogen-bond acceptors (Lipinski definition) is 6. The maximum Gasteiger partial charge on any atom is 0.363 e. The summed E-state index contributed by atoms with van der Waals surface area (Å²) in [4.78, 5) is 30.1. The molecular formula is C23H24N2O5. The molecule has 7 heteroatoms. The fraction of sp³-hybridized carbons (Fsp3) is 0.261. The van der Waals surface area contributed by atoms with Crippen LogP contribution in [0.2, 0.25) is 0 Å². The van der Waals surface area contributed by atoms with E-state index < -0.39 is 12.1 Å². The molecule has 30 heavy (non-hydrogen) atoms. The van der Waals surface area contributed by atoms with E-state index >= 15 is 0 Å². The summed E-state index contributed by atoms with van der Waals surface area (Å²) in [6, 6.07) is 14.4. The summed E-state index contributed by atoms with van der Waals surface area (Å²) in [7, 11) is 3.34. The molecule has 0 aliphatic carbocycles. The third-order valence-corrected chi connectivity index (χ3v) is 4.30. The van der Waals surface area contributed by atoms with Crippen LogP contribution in [0.5, 0.6) is 11.5 Å². The largest absolute Gasteiger partial charge is 0.490 e. The Balaban J connectivity index is 1.86. The maximum absolute atomic E-state index is 12.2. The van der Waals surface area contributed by atoms with Crippen molar-refractivity contribution in [3.63, 3.8) is 0 Å². The van der Waals surface area contributed by atoms with E-state index in [9.17, 15) is 9.59 Å². The molecule has 0 fully saturated rings. The Labute approximate surface area is 175 Å². The molecule has 0 aromatic heterocycles. The zero-order chi connectivity index (χ0) is 21.7. The lowest BCUT2D eigenvalue weighted by atomic mass is 10.1. The Hall–Kier alpha value is -3.61. The van der Waals surface area contributed by atoms with Gasteiger partial charge in [0.2, 0.25) is 5.90 Å². The van der Waals surface area contributed by atoms with Gasteiger partial charge in [0, 0.05) is 19.7 Å². The second kappa shape index (κ2) is 9.26. The predicted octanol–water partition coefficient (Wildman–Crippen LogP) is 3.29. The SMILES string of the molecule is CCOc1cc(C=C2N=C(c3ccccc3)OC2=O)ccc1OC(C)C(=O)N(C)C. The van der Waals surface area contributed by atoms with Gasteiger partial charge in [0.15, 0.2) is 23.3 Å². The van der Waals surface area contributed by atoms with Gasteiger partial charge in [-0.25, -0.2) is 9.79 Å². The highest BCUT2D eigenvalue weighted by Gasteiger charge is 2.24. The molecule has 1 heterocycles. The number of esters is 1. The Morgan fingerprint density at radius 3 is 2.57 bits per heavy atom. The minimum Gasteiger partial charge on any atom is -0.490 e. The molecule has 1 atom stereocenters. The molecule has 0 saturated heterocycles. The highest BCUT2D eigenvalue weighted by molar-refractivity contribution is 6.12. The number of ether oxygens (including phenoxy) is 3. The van der Waals surface area contributed by atoms with E-state index in [1.54, 1.807) is 45.3 Å². The summed E-state index contributed by atoms with van der Waals surface area (Å²) in [5.74, 6) is 0.526. The van der Waals surface area contributed by atoms with Gasteiger partial charge in [-0.15, -0.1) is 0 Å². The molecule has 156 valence electrons. The van der Waals surface area contributed by atoms with Crippen LogP contribution >= 0.6 is 0 Å². The van der Waals surface area contributed by atoms with Crippen molar-refractivity contribution >= 4 is 23.9 Å². The van der Waals surface area contributed by atoms with E-state index in [1.165, 1.54) is 4.90 Å². The standard InChI is InChI=1S/C23H24N2O5/c1-5-28-20-14-16(11-12-19(20)29-15(2)22(26)25(3)4)13-18-23(27)30-21(24-18)17-9-7-6-8-10-17/h6-15H,5H2,1-4H3. The van der Waals surface area contributed by atoms with E-state index in [2.05, 4.69) is 4.99 Å². The fourth-order valence-electron chi connectivity index (χ4n) is 2.86. The summed E-state index contributed by atoms with van der Waals surface area (Å²) in [6.07, 6.45) is 0.963. The Morgan fingerprint density at radius 2 is 1.90 bits per heavy atom. The van der Waals surface area contributed by atoms with Crippen LogP contribution in [0.25, 0.3) is 6.08 Å². The topological polar surface area (TPSA) is 77.4 Å². The van der Waals surface area contributed by atoms with Crippen LogP contribution in [0.1, 0.15) is 25.0 Å². The van der Waals surface area contributed by atoms with Crippen molar-refractivity contribution in [2.24, 2.45) is 4.99 Å². The van der Waals surface area contributed by atoms with Crippen molar-refractivity contribution < 1.29 is 23.8 Å². The average Bonchev–Trinajstić information content (AvgIpc) is 3.10. The Bertz CT molecular complexity index is 996. The van der Waals surface area contributed by atoms with Crippen LogP contribution in [0.4, 0.5) is 0 Å². The minimum atomic E-state index is -0.661. The van der Waals surface area contributed by atoms with E-state index in [-0.39, 0.29) is 17.5 Å². The van der Waals surface area contributed by atoms with Crippen LogP contribution in [0, 0.1) is 0 Å². The first kappa shape index (κ1) is 21.1. The molecule has 0 radical (unpaired) electrons. The number of hydrogen-bond donors (Lipinski definition) is 0. The molecule has 1 unspecified atom stereocenters. The van der Waals surface area contributed by atoms with Gasteiger partial charge in [-0.05, 0) is 49.8 Å². The first-order valence-corrected chi connectivity index (χ1v) is 9.61. The minimum absolute atomic E-state index is 0.153. The molecule has 0 N–H and O–H groups in total. The first-order valence-electron chi connectivity index (χ1n) is 9.61. The van der Waals surface area contributed by atoms with E-state index in [1.807, 2.05) is 37.3 Å². The van der Waals surface area contributed by atoms with Crippen molar-refractivity contribution in [1.82, 2.24) is 4.90 Å². The first-order chi connectivity index (χ1) is 14.4. The van der Waals surface area contributed by atoms with Gasteiger partial charge in [-0.2, -0.15) is 0 Å². The maximum atomic E-state index is 12.2. The number of carbonyl (C=O) groups excluding carboxylic acids is 2. The molecule has 0 bridgehead atoms. The van der Waals surface area contributed by atoms with Gasteiger partial charge in [0.1, 0.15) is 0 Å². The highest BCUT2D eigenvalue weighted by Crippen LogP contribution is 2.31. The number of amides is 1. The van der Waals surface area contributed by atoms with E-state index in [0.717, 1.165) is 5.56 Å². The van der Waals surface area contributed by atoms with Gasteiger partial charge in [-0.1, -0.05) is 24.3 Å². The molecule has 1 aliphatic rings. The smallest absolute Gasteiger partial charge is 0.363 e. The number of likely N-dealkylation sites (N-methyl/N-ethyl adjacent to an activating group) is 1. The van der Waals surface area contributed by atoms with Crippen LogP contribution in [-0.4, -0.2) is 49.5 Å². The zero-order valence-electron chi connectivity index (χ0n) is 17.4. The average molecular weight is 408 g/mol. The lowest BCUT2D eigenvalue weighted by Crippen LogP contribution is -2.35. The molecule has 3 rings (SSSR count). The monoisotopic (exact) mass is 408 g/mol. The van der Waals surface area contributed by atoms with Gasteiger partial charge >= 0.3 is 5.97 Å². The summed E-state index contributed by atoms with van der Waals surface area (Å²) in [6.45, 7) is 3.96. The normalized spacial score (nSPS) is 15.4. The van der Waals surface area contributed by atoms with Gasteiger partial charge in [-0.3, -0.25) is 4.79 Å². The number of carbonyl (C=O) groups is 2. The van der Waals surface area contributed by atoms with Crippen molar-refractivity contribution in [1.29, 1.82) is 0 Å². The molecule has 2 aromatic rings. The second-order valence-corrected chi connectivity index (χ2v) is 6.83. The Kier molecular flexibility index (Phi) is 6.51. The Morgan fingerprint density at radius 1 is 1.17 bits per heavy atom. The molecule has 2 aromatic carbocycles. The van der Waals surface area contributed by atoms with Crippen molar-refractivity contribution in [3.8, 4) is 11.5 Å². The lowest BCUT2D eigenvalue weighted by molar-refractivity contribution is -0.135. The molecular weight excluding hydrogens is 384 g/mol.